The third-order valence-electron chi connectivity index (χ3n) is 2.94. The fourth-order valence-electron chi connectivity index (χ4n) is 1.73. The summed E-state index contributed by atoms with van der Waals surface area (Å²) in [5.74, 6) is 0.377. The van der Waals surface area contributed by atoms with Crippen LogP contribution in [0.1, 0.15) is 41.6 Å². The summed E-state index contributed by atoms with van der Waals surface area (Å²) in [7, 11) is 0. The zero-order valence-corrected chi connectivity index (χ0v) is 14.3. The van der Waals surface area contributed by atoms with Crippen molar-refractivity contribution in [2.24, 2.45) is 0 Å². The van der Waals surface area contributed by atoms with E-state index in [9.17, 15) is 4.79 Å². The first kappa shape index (κ1) is 15.9. The molecule has 1 aromatic carbocycles. The van der Waals surface area contributed by atoms with Crippen LogP contribution in [0.2, 0.25) is 5.02 Å². The molecule has 4 nitrogen and oxygen atoms in total. The smallest absolute Gasteiger partial charge is 0.275 e. The lowest BCUT2D eigenvalue weighted by atomic mass is 10.2. The van der Waals surface area contributed by atoms with Gasteiger partial charge in [0.25, 0.3) is 5.91 Å². The molecule has 1 aromatic heterocycles. The van der Waals surface area contributed by atoms with Crippen LogP contribution >= 0.6 is 27.5 Å². The van der Waals surface area contributed by atoms with Crippen LogP contribution in [0.3, 0.4) is 0 Å². The maximum atomic E-state index is 12.4. The molecule has 0 unspecified atom stereocenters. The Morgan fingerprint density at radius 3 is 2.76 bits per heavy atom. The number of anilines is 1. The van der Waals surface area contributed by atoms with Crippen LogP contribution in [0.5, 0.6) is 0 Å². The Hall–Kier alpha value is -1.46. The van der Waals surface area contributed by atoms with Crippen LogP contribution in [0.4, 0.5) is 5.69 Å². The number of hydrogen-bond acceptors (Lipinski definition) is 3. The molecule has 0 bridgehead atoms. The molecule has 1 heterocycles. The van der Waals surface area contributed by atoms with Gasteiger partial charge in [0.2, 0.25) is 0 Å². The maximum Gasteiger partial charge on any atom is 0.275 e. The normalized spacial score (nSPS) is 10.8. The number of hydrogen-bond donors (Lipinski definition) is 1. The van der Waals surface area contributed by atoms with Gasteiger partial charge in [-0.05, 0) is 24.6 Å². The first-order chi connectivity index (χ1) is 9.88. The van der Waals surface area contributed by atoms with Gasteiger partial charge in [0.15, 0.2) is 5.69 Å². The standard InChI is InChI=1S/C15H15BrClN3O/c1-8(2)14-18-7-11(17)13(20-14)15(21)19-12-6-10(16)5-4-9(12)3/h4-8H,1-3H3,(H,19,21). The van der Waals surface area contributed by atoms with E-state index in [0.717, 1.165) is 15.7 Å². The minimum Gasteiger partial charge on any atom is -0.320 e. The lowest BCUT2D eigenvalue weighted by molar-refractivity contribution is 0.102. The molecular formula is C15H15BrClN3O. The summed E-state index contributed by atoms with van der Waals surface area (Å²) in [5.41, 5.74) is 1.87. The van der Waals surface area contributed by atoms with Crippen molar-refractivity contribution in [3.63, 3.8) is 0 Å². The van der Waals surface area contributed by atoms with E-state index in [-0.39, 0.29) is 22.5 Å². The van der Waals surface area contributed by atoms with Crippen molar-refractivity contribution in [3.05, 3.63) is 51.0 Å². The van der Waals surface area contributed by atoms with Crippen LogP contribution < -0.4 is 5.32 Å². The van der Waals surface area contributed by atoms with Crippen LogP contribution in [-0.2, 0) is 0 Å². The van der Waals surface area contributed by atoms with Crippen LogP contribution in [0.15, 0.2) is 28.9 Å². The molecule has 2 rings (SSSR count). The highest BCUT2D eigenvalue weighted by molar-refractivity contribution is 9.10. The van der Waals surface area contributed by atoms with Crippen molar-refractivity contribution >= 4 is 39.1 Å². The molecule has 0 atom stereocenters. The average molecular weight is 369 g/mol. The van der Waals surface area contributed by atoms with E-state index in [1.54, 1.807) is 0 Å². The first-order valence-electron chi connectivity index (χ1n) is 6.48. The summed E-state index contributed by atoms with van der Waals surface area (Å²) >= 11 is 9.42. The van der Waals surface area contributed by atoms with Gasteiger partial charge in [0.05, 0.1) is 11.2 Å². The highest BCUT2D eigenvalue weighted by Crippen LogP contribution is 2.23. The van der Waals surface area contributed by atoms with Gasteiger partial charge < -0.3 is 5.32 Å². The summed E-state index contributed by atoms with van der Waals surface area (Å²) in [6.07, 6.45) is 1.46. The summed E-state index contributed by atoms with van der Waals surface area (Å²) in [4.78, 5) is 20.8. The number of amides is 1. The number of carbonyl (C=O) groups excluding carboxylic acids is 1. The van der Waals surface area contributed by atoms with E-state index in [4.69, 9.17) is 11.6 Å². The highest BCUT2D eigenvalue weighted by atomic mass is 79.9. The van der Waals surface area contributed by atoms with Crippen molar-refractivity contribution in [3.8, 4) is 0 Å². The van der Waals surface area contributed by atoms with Gasteiger partial charge in [-0.3, -0.25) is 4.79 Å². The molecule has 2 aromatic rings. The Morgan fingerprint density at radius 1 is 1.38 bits per heavy atom. The van der Waals surface area contributed by atoms with Gasteiger partial charge in [-0.1, -0.05) is 47.4 Å². The minimum absolute atomic E-state index is 0.126. The molecule has 1 amide bonds. The topological polar surface area (TPSA) is 54.9 Å². The molecule has 0 aliphatic heterocycles. The summed E-state index contributed by atoms with van der Waals surface area (Å²) in [6.45, 7) is 5.84. The first-order valence-corrected chi connectivity index (χ1v) is 7.65. The van der Waals surface area contributed by atoms with E-state index in [2.05, 4.69) is 31.2 Å². The molecule has 0 radical (unpaired) electrons. The predicted octanol–water partition coefficient (Wildman–Crippen LogP) is 4.58. The largest absolute Gasteiger partial charge is 0.320 e. The Morgan fingerprint density at radius 2 is 2.10 bits per heavy atom. The summed E-state index contributed by atoms with van der Waals surface area (Å²) < 4.78 is 0.889. The summed E-state index contributed by atoms with van der Waals surface area (Å²) in [6, 6.07) is 5.67. The second kappa shape index (κ2) is 6.54. The SMILES string of the molecule is Cc1ccc(Br)cc1NC(=O)c1nc(C(C)C)ncc1Cl. The fourth-order valence-corrected chi connectivity index (χ4v) is 2.27. The molecule has 6 heteroatoms. The van der Waals surface area contributed by atoms with E-state index in [1.807, 2.05) is 39.0 Å². The zero-order valence-electron chi connectivity index (χ0n) is 11.9. The van der Waals surface area contributed by atoms with Crippen molar-refractivity contribution < 1.29 is 4.79 Å². The number of rotatable bonds is 3. The average Bonchev–Trinajstić information content (AvgIpc) is 2.43. The Kier molecular flexibility index (Phi) is 4.96. The molecule has 110 valence electrons. The van der Waals surface area contributed by atoms with Gasteiger partial charge in [0.1, 0.15) is 5.82 Å². The van der Waals surface area contributed by atoms with Crippen molar-refractivity contribution in [1.29, 1.82) is 0 Å². The van der Waals surface area contributed by atoms with Gasteiger partial charge in [-0.25, -0.2) is 9.97 Å². The lowest BCUT2D eigenvalue weighted by Crippen LogP contribution is -2.17. The molecule has 0 fully saturated rings. The van der Waals surface area contributed by atoms with Gasteiger partial charge >= 0.3 is 0 Å². The van der Waals surface area contributed by atoms with Gasteiger partial charge in [-0.15, -0.1) is 0 Å². The van der Waals surface area contributed by atoms with Gasteiger partial charge in [0, 0.05) is 16.1 Å². The number of nitrogens with one attached hydrogen (secondary N) is 1. The molecule has 0 spiro atoms. The van der Waals surface area contributed by atoms with Crippen molar-refractivity contribution in [1.82, 2.24) is 9.97 Å². The minimum atomic E-state index is -0.342. The molecule has 21 heavy (non-hydrogen) atoms. The van der Waals surface area contributed by atoms with E-state index in [1.165, 1.54) is 6.20 Å². The molecule has 0 saturated heterocycles. The Bertz CT molecular complexity index is 689. The fraction of sp³-hybridized carbons (Fsp3) is 0.267. The van der Waals surface area contributed by atoms with E-state index in [0.29, 0.717) is 5.82 Å². The number of aromatic nitrogens is 2. The summed E-state index contributed by atoms with van der Waals surface area (Å²) in [5, 5.41) is 3.07. The predicted molar refractivity (Wildman–Crippen MR) is 88.0 cm³/mol. The number of halogens is 2. The van der Waals surface area contributed by atoms with E-state index >= 15 is 0 Å². The number of carbonyl (C=O) groups is 1. The van der Waals surface area contributed by atoms with Crippen LogP contribution in [-0.4, -0.2) is 15.9 Å². The second-order valence-electron chi connectivity index (χ2n) is 4.99. The third-order valence-corrected chi connectivity index (χ3v) is 3.71. The highest BCUT2D eigenvalue weighted by Gasteiger charge is 2.16. The van der Waals surface area contributed by atoms with Crippen LogP contribution in [0, 0.1) is 6.92 Å². The third kappa shape index (κ3) is 3.80. The quantitative estimate of drug-likeness (QED) is 0.863. The van der Waals surface area contributed by atoms with Crippen LogP contribution in [0.25, 0.3) is 0 Å². The van der Waals surface area contributed by atoms with Gasteiger partial charge in [-0.2, -0.15) is 0 Å². The zero-order chi connectivity index (χ0) is 15.6. The molecule has 0 saturated carbocycles. The molecule has 0 aliphatic rings. The van der Waals surface area contributed by atoms with Crippen molar-refractivity contribution in [2.45, 2.75) is 26.7 Å². The number of benzene rings is 1. The second-order valence-corrected chi connectivity index (χ2v) is 6.32. The lowest BCUT2D eigenvalue weighted by Gasteiger charge is -2.11. The monoisotopic (exact) mass is 367 g/mol. The number of nitrogens with zero attached hydrogens (tertiary/aromatic N) is 2. The maximum absolute atomic E-state index is 12.4. The molecule has 1 N–H and O–H groups in total. The van der Waals surface area contributed by atoms with Crippen molar-refractivity contribution in [2.75, 3.05) is 5.32 Å². The Balaban J connectivity index is 2.32. The molecule has 0 aliphatic carbocycles. The molecular weight excluding hydrogens is 354 g/mol. The Labute approximate surface area is 137 Å². The number of aryl methyl sites for hydroxylation is 1. The van der Waals surface area contributed by atoms with E-state index < -0.39 is 0 Å².